The molecule has 1 heterocycles. The first-order valence-electron chi connectivity index (χ1n) is 4.49. The highest BCUT2D eigenvalue weighted by Gasteiger charge is 2.20. The molecule has 1 atom stereocenters. The standard InChI is InChI=1S/C9H13N3O3/c10-7(9(14)15)8(13)12-4-2-6-1-3-11-5-6/h1,3,5,7,11H,2,4,10H2,(H,12,13)(H,14,15). The molecule has 0 radical (unpaired) electrons. The van der Waals surface area contributed by atoms with Gasteiger partial charge in [0.2, 0.25) is 5.91 Å². The minimum absolute atomic E-state index is 0.373. The Kier molecular flexibility index (Phi) is 3.87. The van der Waals surface area contributed by atoms with E-state index in [1.54, 1.807) is 6.20 Å². The fourth-order valence-electron chi connectivity index (χ4n) is 1.07. The third-order valence-corrected chi connectivity index (χ3v) is 1.92. The number of rotatable bonds is 5. The SMILES string of the molecule is NC(C(=O)O)C(=O)NCCc1cc[nH]c1. The second-order valence-corrected chi connectivity index (χ2v) is 3.08. The Morgan fingerprint density at radius 3 is 2.87 bits per heavy atom. The van der Waals surface area contributed by atoms with Gasteiger partial charge < -0.3 is 21.1 Å². The van der Waals surface area contributed by atoms with Gasteiger partial charge in [0.25, 0.3) is 0 Å². The van der Waals surface area contributed by atoms with E-state index in [4.69, 9.17) is 10.8 Å². The van der Waals surface area contributed by atoms with Gasteiger partial charge in [0.15, 0.2) is 6.04 Å². The molecular weight excluding hydrogens is 198 g/mol. The number of aliphatic carboxylic acids is 1. The van der Waals surface area contributed by atoms with Crippen molar-refractivity contribution in [2.24, 2.45) is 5.73 Å². The summed E-state index contributed by atoms with van der Waals surface area (Å²) in [5.74, 6) is -1.99. The molecule has 0 aliphatic carbocycles. The number of amides is 1. The molecule has 0 aromatic carbocycles. The number of hydrogen-bond acceptors (Lipinski definition) is 3. The lowest BCUT2D eigenvalue weighted by atomic mass is 10.2. The summed E-state index contributed by atoms with van der Waals surface area (Å²) >= 11 is 0. The van der Waals surface area contributed by atoms with Crippen molar-refractivity contribution in [2.75, 3.05) is 6.54 Å². The van der Waals surface area contributed by atoms with Crippen LogP contribution in [0.25, 0.3) is 0 Å². The van der Waals surface area contributed by atoms with Crippen molar-refractivity contribution in [1.82, 2.24) is 10.3 Å². The van der Waals surface area contributed by atoms with Gasteiger partial charge in [-0.05, 0) is 18.1 Å². The van der Waals surface area contributed by atoms with Crippen LogP contribution < -0.4 is 11.1 Å². The first-order chi connectivity index (χ1) is 7.11. The molecule has 5 N–H and O–H groups in total. The molecule has 1 aromatic heterocycles. The fourth-order valence-corrected chi connectivity index (χ4v) is 1.07. The van der Waals surface area contributed by atoms with Gasteiger partial charge in [-0.3, -0.25) is 4.79 Å². The lowest BCUT2D eigenvalue weighted by molar-refractivity contribution is -0.142. The lowest BCUT2D eigenvalue weighted by Gasteiger charge is -2.07. The van der Waals surface area contributed by atoms with Crippen LogP contribution in [0, 0.1) is 0 Å². The van der Waals surface area contributed by atoms with Crippen molar-refractivity contribution in [3.63, 3.8) is 0 Å². The van der Waals surface area contributed by atoms with Gasteiger partial charge in [0, 0.05) is 18.9 Å². The summed E-state index contributed by atoms with van der Waals surface area (Å²) in [4.78, 5) is 24.3. The van der Waals surface area contributed by atoms with E-state index in [0.717, 1.165) is 5.56 Å². The number of nitrogens with two attached hydrogens (primary N) is 1. The largest absolute Gasteiger partial charge is 0.480 e. The number of nitrogens with one attached hydrogen (secondary N) is 2. The van der Waals surface area contributed by atoms with E-state index in [1.165, 1.54) is 0 Å². The molecule has 0 fully saturated rings. The van der Waals surface area contributed by atoms with Crippen molar-refractivity contribution < 1.29 is 14.7 Å². The summed E-state index contributed by atoms with van der Waals surface area (Å²) in [7, 11) is 0. The summed E-state index contributed by atoms with van der Waals surface area (Å²) in [6, 6.07) is 0.389. The summed E-state index contributed by atoms with van der Waals surface area (Å²) in [6.07, 6.45) is 4.23. The Labute approximate surface area is 86.5 Å². The minimum Gasteiger partial charge on any atom is -0.480 e. The molecule has 0 aliphatic heterocycles. The van der Waals surface area contributed by atoms with Gasteiger partial charge in [0.05, 0.1) is 0 Å². The number of carbonyl (C=O) groups is 2. The summed E-state index contributed by atoms with van der Waals surface area (Å²) < 4.78 is 0. The average molecular weight is 211 g/mol. The monoisotopic (exact) mass is 211 g/mol. The smallest absolute Gasteiger partial charge is 0.330 e. The van der Waals surface area contributed by atoms with Crippen molar-refractivity contribution in [2.45, 2.75) is 12.5 Å². The second kappa shape index (κ2) is 5.16. The second-order valence-electron chi connectivity index (χ2n) is 3.08. The molecule has 6 nitrogen and oxygen atoms in total. The Morgan fingerprint density at radius 2 is 2.33 bits per heavy atom. The molecule has 0 aliphatic rings. The van der Waals surface area contributed by atoms with Crippen LogP contribution in [0.3, 0.4) is 0 Å². The number of carbonyl (C=O) groups excluding carboxylic acids is 1. The van der Waals surface area contributed by atoms with Crippen molar-refractivity contribution in [1.29, 1.82) is 0 Å². The van der Waals surface area contributed by atoms with E-state index in [-0.39, 0.29) is 0 Å². The van der Waals surface area contributed by atoms with Gasteiger partial charge in [-0.2, -0.15) is 0 Å². The van der Waals surface area contributed by atoms with Crippen LogP contribution >= 0.6 is 0 Å². The number of carboxylic acids is 1. The molecule has 1 unspecified atom stereocenters. The molecule has 0 saturated heterocycles. The minimum atomic E-state index is -1.49. The zero-order valence-corrected chi connectivity index (χ0v) is 8.06. The van der Waals surface area contributed by atoms with Crippen molar-refractivity contribution in [3.05, 3.63) is 24.0 Å². The van der Waals surface area contributed by atoms with Gasteiger partial charge in [-0.1, -0.05) is 0 Å². The molecule has 0 bridgehead atoms. The first kappa shape index (κ1) is 11.3. The van der Waals surface area contributed by atoms with Gasteiger partial charge in [-0.15, -0.1) is 0 Å². The molecule has 15 heavy (non-hydrogen) atoms. The Balaban J connectivity index is 2.26. The van der Waals surface area contributed by atoms with Crippen LogP contribution in [0.2, 0.25) is 0 Å². The Bertz CT molecular complexity index is 334. The van der Waals surface area contributed by atoms with Crippen LogP contribution in [-0.4, -0.2) is 34.6 Å². The number of aromatic nitrogens is 1. The van der Waals surface area contributed by atoms with E-state index in [9.17, 15) is 9.59 Å². The first-order valence-corrected chi connectivity index (χ1v) is 4.49. The number of carboxylic acid groups (broad SMARTS) is 1. The molecule has 1 aromatic rings. The molecule has 82 valence electrons. The molecule has 1 rings (SSSR count). The zero-order valence-electron chi connectivity index (χ0n) is 8.06. The number of H-pyrrole nitrogens is 1. The highest BCUT2D eigenvalue weighted by molar-refractivity contribution is 6.00. The van der Waals surface area contributed by atoms with E-state index in [0.29, 0.717) is 13.0 Å². The van der Waals surface area contributed by atoms with Crippen LogP contribution in [0.1, 0.15) is 5.56 Å². The molecule has 0 spiro atoms. The zero-order chi connectivity index (χ0) is 11.3. The predicted molar refractivity (Wildman–Crippen MR) is 53.1 cm³/mol. The average Bonchev–Trinajstić information content (AvgIpc) is 2.69. The summed E-state index contributed by atoms with van der Waals surface area (Å²) in [5.41, 5.74) is 6.14. The van der Waals surface area contributed by atoms with Crippen LogP contribution in [0.4, 0.5) is 0 Å². The van der Waals surface area contributed by atoms with Gasteiger partial charge >= 0.3 is 5.97 Å². The van der Waals surface area contributed by atoms with E-state index in [2.05, 4.69) is 10.3 Å². The topological polar surface area (TPSA) is 108 Å². The van der Waals surface area contributed by atoms with E-state index in [1.807, 2.05) is 12.3 Å². The van der Waals surface area contributed by atoms with Crippen LogP contribution in [-0.2, 0) is 16.0 Å². The summed E-state index contributed by atoms with van der Waals surface area (Å²) in [5, 5.41) is 10.9. The normalized spacial score (nSPS) is 12.1. The quantitative estimate of drug-likeness (QED) is 0.472. The summed E-state index contributed by atoms with van der Waals surface area (Å²) in [6.45, 7) is 0.373. The van der Waals surface area contributed by atoms with Crippen molar-refractivity contribution >= 4 is 11.9 Å². The van der Waals surface area contributed by atoms with Crippen LogP contribution in [0.5, 0.6) is 0 Å². The van der Waals surface area contributed by atoms with E-state index < -0.39 is 17.9 Å². The predicted octanol–water partition coefficient (Wildman–Crippen LogP) is -0.915. The molecule has 0 saturated carbocycles. The number of hydrogen-bond donors (Lipinski definition) is 4. The molecule has 1 amide bonds. The maximum Gasteiger partial charge on any atom is 0.330 e. The van der Waals surface area contributed by atoms with Gasteiger partial charge in [-0.25, -0.2) is 4.79 Å². The third kappa shape index (κ3) is 3.43. The maximum atomic E-state index is 11.1. The van der Waals surface area contributed by atoms with E-state index >= 15 is 0 Å². The third-order valence-electron chi connectivity index (χ3n) is 1.92. The number of aromatic amines is 1. The Hall–Kier alpha value is -1.82. The van der Waals surface area contributed by atoms with Crippen molar-refractivity contribution in [3.8, 4) is 0 Å². The highest BCUT2D eigenvalue weighted by atomic mass is 16.4. The molecule has 6 heteroatoms. The van der Waals surface area contributed by atoms with Crippen LogP contribution in [0.15, 0.2) is 18.5 Å². The van der Waals surface area contributed by atoms with Gasteiger partial charge in [0.1, 0.15) is 0 Å². The fraction of sp³-hybridized carbons (Fsp3) is 0.333. The Morgan fingerprint density at radius 1 is 1.60 bits per heavy atom. The highest BCUT2D eigenvalue weighted by Crippen LogP contribution is 1.95. The maximum absolute atomic E-state index is 11.1. The lowest BCUT2D eigenvalue weighted by Crippen LogP contribution is -2.46. The molecular formula is C9H13N3O3.